The van der Waals surface area contributed by atoms with Gasteiger partial charge in [0.1, 0.15) is 0 Å². The molecule has 0 aromatic carbocycles. The standard InChI is InChI=1S/C4H3BN.Li/c1-3-6-4-2-5-1;/h1,3-4H;. The van der Waals surface area contributed by atoms with E-state index < -0.39 is 0 Å². The number of hydrogen-bond donors (Lipinski definition) is 0. The quantitative estimate of drug-likeness (QED) is 0.374. The Balaban J connectivity index is 3.02. The molecule has 28 valence electrons. The van der Waals surface area contributed by atoms with Crippen molar-refractivity contribution in [3.05, 3.63) is 18.4 Å². The number of rotatable bonds is 0. The summed E-state index contributed by atoms with van der Waals surface area (Å²) in [7, 11) is 0. The molecule has 7 heavy (non-hydrogen) atoms. The third kappa shape index (κ3) is 1.46. The van der Waals surface area contributed by atoms with Crippen LogP contribution in [0.4, 0.5) is 0 Å². The average molecular weight is 82.8 g/mol. The Labute approximate surface area is 52.6 Å². The molecule has 3 heteroatoms. The van der Waals surface area contributed by atoms with Gasteiger partial charge in [-0.2, -0.15) is 0 Å². The van der Waals surface area contributed by atoms with Gasteiger partial charge in [-0.25, -0.2) is 0 Å². The fraction of sp³-hybridized carbons (Fsp3) is 0. The van der Waals surface area contributed by atoms with Gasteiger partial charge in [0, 0.05) is 0 Å². The van der Waals surface area contributed by atoms with Gasteiger partial charge in [0.25, 0.3) is 0 Å². The first-order chi connectivity index (χ1) is 3.39. The van der Waals surface area contributed by atoms with E-state index in [1.807, 2.05) is 36.8 Å². The third-order valence-electron chi connectivity index (χ3n) is 0.809. The Hall–Kier alpha value is -0.0577. The normalized spacial score (nSPS) is 8.29. The van der Waals surface area contributed by atoms with Crippen LogP contribution in [0.15, 0.2) is 18.4 Å². The predicted octanol–water partition coefficient (Wildman–Crippen LogP) is -0.787. The van der Waals surface area contributed by atoms with E-state index in [0.29, 0.717) is 0 Å². The Kier molecular flexibility index (Phi) is 1.67. The van der Waals surface area contributed by atoms with Gasteiger partial charge < -0.3 is 0 Å². The van der Waals surface area contributed by atoms with Crippen molar-refractivity contribution in [2.24, 2.45) is 0 Å². The molecule has 1 nitrogen and oxygen atoms in total. The molecule has 0 aliphatic rings. The first-order valence-corrected chi connectivity index (χ1v) is 2.26. The van der Waals surface area contributed by atoms with Crippen molar-refractivity contribution in [2.75, 3.05) is 0 Å². The molecule has 0 fully saturated rings. The van der Waals surface area contributed by atoms with Crippen LogP contribution < -0.4 is 4.13 Å². The van der Waals surface area contributed by atoms with Gasteiger partial charge in [-0.05, 0) is 0 Å². The minimum absolute atomic E-state index is 1.21. The van der Waals surface area contributed by atoms with E-state index >= 15 is 0 Å². The molecular weight excluding hydrogens is 79.8 g/mol. The van der Waals surface area contributed by atoms with E-state index in [1.165, 1.54) is 4.13 Å². The van der Waals surface area contributed by atoms with Crippen LogP contribution in [-0.4, -0.2) is 29.6 Å². The molecule has 1 rings (SSSR count). The summed E-state index contributed by atoms with van der Waals surface area (Å²) in [6.45, 7) is 2.02. The SMILES string of the molecule is [Li][c]1bccnc1. The van der Waals surface area contributed by atoms with Crippen LogP contribution >= 0.6 is 0 Å². The molecule has 0 amide bonds. The Morgan fingerprint density at radius 2 is 2.57 bits per heavy atom. The second-order valence-corrected chi connectivity index (χ2v) is 1.53. The topological polar surface area (TPSA) is 12.9 Å². The summed E-state index contributed by atoms with van der Waals surface area (Å²) in [5.74, 6) is 1.93. The molecule has 0 aliphatic heterocycles. The van der Waals surface area contributed by atoms with Gasteiger partial charge in [0.15, 0.2) is 0 Å². The Morgan fingerprint density at radius 1 is 1.71 bits per heavy atom. The van der Waals surface area contributed by atoms with E-state index in [-0.39, 0.29) is 0 Å². The van der Waals surface area contributed by atoms with Gasteiger partial charge in [-0.15, -0.1) is 0 Å². The van der Waals surface area contributed by atoms with E-state index in [2.05, 4.69) is 4.98 Å². The maximum atomic E-state index is 3.88. The summed E-state index contributed by atoms with van der Waals surface area (Å²) in [4.78, 5) is 3.88. The Bertz CT molecular complexity index is 142. The molecule has 1 aromatic rings. The summed E-state index contributed by atoms with van der Waals surface area (Å²) >= 11 is 2.02. The van der Waals surface area contributed by atoms with Gasteiger partial charge in [-0.1, -0.05) is 0 Å². The second kappa shape index (κ2) is 2.30. The monoisotopic (exact) mass is 83.1 g/mol. The van der Waals surface area contributed by atoms with E-state index in [0.717, 1.165) is 0 Å². The van der Waals surface area contributed by atoms with Crippen LogP contribution in [0.1, 0.15) is 0 Å². The molecule has 0 spiro atoms. The fourth-order valence-corrected chi connectivity index (χ4v) is 0.448. The fourth-order valence-electron chi connectivity index (χ4n) is 0.448. The molecule has 0 bridgehead atoms. The molecule has 0 N–H and O–H groups in total. The van der Waals surface area contributed by atoms with Crippen molar-refractivity contribution in [3.8, 4) is 0 Å². The maximum absolute atomic E-state index is 3.88. The van der Waals surface area contributed by atoms with Crippen LogP contribution in [0.2, 0.25) is 0 Å². The average Bonchev–Trinajstić information content (AvgIpc) is 1.69. The minimum atomic E-state index is 1.21. The van der Waals surface area contributed by atoms with Crippen LogP contribution in [0.25, 0.3) is 0 Å². The molecule has 0 saturated carbocycles. The molecule has 0 radical (unpaired) electrons. The number of aromatic nitrogens is 1. The van der Waals surface area contributed by atoms with Crippen molar-refractivity contribution in [2.45, 2.75) is 0 Å². The molecule has 1 heterocycles. The molecule has 1 aromatic heterocycles. The number of hydrogen-bond acceptors (Lipinski definition) is 1. The summed E-state index contributed by atoms with van der Waals surface area (Å²) in [5.41, 5.74) is 0. The van der Waals surface area contributed by atoms with Crippen LogP contribution in [0.3, 0.4) is 0 Å². The predicted molar refractivity (Wildman–Crippen MR) is 31.0 cm³/mol. The summed E-state index contributed by atoms with van der Waals surface area (Å²) in [6, 6.07) is 0. The van der Waals surface area contributed by atoms with Gasteiger partial charge in [0.2, 0.25) is 0 Å². The second-order valence-electron chi connectivity index (χ2n) is 1.53. The molecular formula is C4H3BLiN. The zero-order valence-electron chi connectivity index (χ0n) is 4.26. The van der Waals surface area contributed by atoms with Crippen molar-refractivity contribution in [1.82, 2.24) is 4.98 Å². The molecule has 0 saturated heterocycles. The summed E-state index contributed by atoms with van der Waals surface area (Å²) < 4.78 is 1.21. The van der Waals surface area contributed by atoms with Crippen molar-refractivity contribution < 1.29 is 0 Å². The zero-order chi connectivity index (χ0) is 5.11. The van der Waals surface area contributed by atoms with Crippen LogP contribution in [0.5, 0.6) is 0 Å². The van der Waals surface area contributed by atoms with E-state index in [9.17, 15) is 0 Å². The number of nitrogens with zero attached hydrogens (tertiary/aromatic N) is 1. The van der Waals surface area contributed by atoms with Gasteiger partial charge in [-0.3, -0.25) is 0 Å². The molecule has 0 aliphatic carbocycles. The molecule has 0 unspecified atom stereocenters. The van der Waals surface area contributed by atoms with Crippen LogP contribution in [0, 0.1) is 0 Å². The first-order valence-electron chi connectivity index (χ1n) is 2.26. The van der Waals surface area contributed by atoms with Crippen molar-refractivity contribution in [1.29, 1.82) is 0 Å². The van der Waals surface area contributed by atoms with Gasteiger partial charge in [0.05, 0.1) is 0 Å². The summed E-state index contributed by atoms with van der Waals surface area (Å²) in [6.07, 6.45) is 3.60. The van der Waals surface area contributed by atoms with Crippen molar-refractivity contribution in [3.63, 3.8) is 0 Å². The first kappa shape index (κ1) is 5.09. The molecule has 0 atom stereocenters. The van der Waals surface area contributed by atoms with Crippen molar-refractivity contribution >= 4 is 28.8 Å². The van der Waals surface area contributed by atoms with Crippen LogP contribution in [-0.2, 0) is 0 Å². The zero-order valence-corrected chi connectivity index (χ0v) is 4.26. The van der Waals surface area contributed by atoms with E-state index in [1.54, 1.807) is 6.20 Å². The van der Waals surface area contributed by atoms with Gasteiger partial charge >= 0.3 is 52.1 Å². The Morgan fingerprint density at radius 3 is 2.86 bits per heavy atom. The third-order valence-corrected chi connectivity index (χ3v) is 0.809. The van der Waals surface area contributed by atoms with E-state index in [4.69, 9.17) is 0 Å². The summed E-state index contributed by atoms with van der Waals surface area (Å²) in [5, 5.41) is 0.